The van der Waals surface area contributed by atoms with Crippen molar-refractivity contribution in [2.24, 2.45) is 0 Å². The highest BCUT2D eigenvalue weighted by molar-refractivity contribution is 5.74. The number of rotatable bonds is 53. The van der Waals surface area contributed by atoms with Crippen LogP contribution in [0.4, 0.5) is 0 Å². The Morgan fingerprint density at radius 2 is 0.835 bits per heavy atom. The van der Waals surface area contributed by atoms with E-state index in [-0.39, 0.29) is 25.9 Å². The minimum Gasteiger partial charge on any atom is -0.479 e. The highest BCUT2D eigenvalue weighted by Crippen LogP contribution is 2.26. The van der Waals surface area contributed by atoms with Crippen LogP contribution in [0.3, 0.4) is 0 Å². The summed E-state index contributed by atoms with van der Waals surface area (Å²) in [6.07, 6.45) is 58.6. The van der Waals surface area contributed by atoms with Crippen LogP contribution in [0.15, 0.2) is 85.1 Å². The molecule has 0 aromatic heterocycles. The fraction of sp³-hybridized carbons (Fsp3) is 0.731. The standard InChI is InChI=1S/C67H112O12/c1-4-7-10-13-16-19-22-25-28-30-33-35-38-41-44-47-50-53-59(68)75-56-58(77-60(69)54-51-48-45-42-39-36-32-27-24-21-18-15-12-9-6-3)57-76-67-65(63(72)62(71)64(79-67)66(73)74)78-61(70)55-52-49-46-43-40-37-34-31-29-26-23-20-17-14-11-8-5-2/h9,12,18,21,25-29,32,39,42,48,51,58,62-65,67,71-72H,4-8,10-11,13-17,19-20,22-24,30-31,33-38,40-41,43-47,49-50,52-57H2,1-3H3,(H,73,74)/b12-9-,21-18-,28-25-,29-26-,32-27-,42-39-,51-48-. The average Bonchev–Trinajstić information content (AvgIpc) is 3.46. The van der Waals surface area contributed by atoms with Gasteiger partial charge in [0.1, 0.15) is 18.8 Å². The maximum Gasteiger partial charge on any atom is 0.335 e. The lowest BCUT2D eigenvalue weighted by molar-refractivity contribution is -0.301. The first-order valence-corrected chi connectivity index (χ1v) is 31.6. The molecule has 3 N–H and O–H groups in total. The Balaban J connectivity index is 2.72. The summed E-state index contributed by atoms with van der Waals surface area (Å²) in [7, 11) is 0. The van der Waals surface area contributed by atoms with Gasteiger partial charge < -0.3 is 39.0 Å². The third-order valence-corrected chi connectivity index (χ3v) is 14.0. The number of aliphatic hydroxyl groups excluding tert-OH is 2. The molecule has 1 aliphatic heterocycles. The number of esters is 3. The smallest absolute Gasteiger partial charge is 0.335 e. The van der Waals surface area contributed by atoms with E-state index in [2.05, 4.69) is 87.6 Å². The monoisotopic (exact) mass is 1110 g/mol. The topological polar surface area (TPSA) is 175 Å². The van der Waals surface area contributed by atoms with E-state index in [4.69, 9.17) is 23.7 Å². The number of carboxylic acid groups (broad SMARTS) is 1. The van der Waals surface area contributed by atoms with Crippen LogP contribution in [0.25, 0.3) is 0 Å². The summed E-state index contributed by atoms with van der Waals surface area (Å²) in [5.74, 6) is -3.29. The Morgan fingerprint density at radius 3 is 1.27 bits per heavy atom. The van der Waals surface area contributed by atoms with Gasteiger partial charge in [0.05, 0.1) is 13.0 Å². The van der Waals surface area contributed by atoms with Gasteiger partial charge in [-0.2, -0.15) is 0 Å². The second-order valence-corrected chi connectivity index (χ2v) is 21.3. The number of aliphatic hydroxyl groups is 2. The largest absolute Gasteiger partial charge is 0.479 e. The van der Waals surface area contributed by atoms with E-state index in [1.54, 1.807) is 6.08 Å². The van der Waals surface area contributed by atoms with Gasteiger partial charge in [-0.1, -0.05) is 234 Å². The highest BCUT2D eigenvalue weighted by Gasteiger charge is 2.50. The van der Waals surface area contributed by atoms with Crippen molar-refractivity contribution in [3.8, 4) is 0 Å². The van der Waals surface area contributed by atoms with E-state index in [9.17, 15) is 34.5 Å². The maximum absolute atomic E-state index is 13.1. The predicted molar refractivity (Wildman–Crippen MR) is 321 cm³/mol. The Labute approximate surface area is 480 Å². The van der Waals surface area contributed by atoms with Gasteiger partial charge in [0.25, 0.3) is 0 Å². The molecule has 1 saturated heterocycles. The number of allylic oxidation sites excluding steroid dienone is 13. The predicted octanol–water partition coefficient (Wildman–Crippen LogP) is 16.7. The van der Waals surface area contributed by atoms with Crippen LogP contribution in [-0.2, 0) is 42.9 Å². The summed E-state index contributed by atoms with van der Waals surface area (Å²) in [6, 6.07) is 0. The van der Waals surface area contributed by atoms with Gasteiger partial charge in [0.2, 0.25) is 0 Å². The lowest BCUT2D eigenvalue weighted by atomic mass is 9.98. The summed E-state index contributed by atoms with van der Waals surface area (Å²) < 4.78 is 28.4. The van der Waals surface area contributed by atoms with E-state index >= 15 is 0 Å². The van der Waals surface area contributed by atoms with Crippen molar-refractivity contribution in [2.75, 3.05) is 13.2 Å². The zero-order valence-corrected chi connectivity index (χ0v) is 49.8. The van der Waals surface area contributed by atoms with Crippen LogP contribution >= 0.6 is 0 Å². The average molecular weight is 1110 g/mol. The van der Waals surface area contributed by atoms with Gasteiger partial charge >= 0.3 is 23.9 Å². The Morgan fingerprint density at radius 1 is 0.443 bits per heavy atom. The van der Waals surface area contributed by atoms with E-state index in [1.165, 1.54) is 109 Å². The zero-order valence-electron chi connectivity index (χ0n) is 49.8. The van der Waals surface area contributed by atoms with Gasteiger partial charge in [-0.05, 0) is 96.3 Å². The number of aliphatic carboxylic acids is 1. The van der Waals surface area contributed by atoms with Crippen molar-refractivity contribution in [2.45, 2.75) is 302 Å². The maximum atomic E-state index is 13.1. The van der Waals surface area contributed by atoms with Gasteiger partial charge in [0.15, 0.2) is 24.6 Å². The minimum atomic E-state index is -1.92. The molecule has 0 bridgehead atoms. The number of carboxylic acids is 1. The molecule has 0 amide bonds. The molecule has 0 aromatic rings. The Hall–Kier alpha value is -4.10. The van der Waals surface area contributed by atoms with Crippen LogP contribution in [0.2, 0.25) is 0 Å². The van der Waals surface area contributed by atoms with Gasteiger partial charge in [-0.15, -0.1) is 0 Å². The molecular weight excluding hydrogens is 997 g/mol. The lowest BCUT2D eigenvalue weighted by Gasteiger charge is -2.40. The SMILES string of the molecule is CC/C=C\C/C=C\C/C=C\C/C=C\C/C=C\CC(=O)OC(COC(=O)CCCCCCCCC/C=C\CCCCCCCC)COC1OC(C(=O)O)C(O)C(O)C1OC(=O)CCCCCCCCC/C=C\CCCCCCCC. The quantitative estimate of drug-likeness (QED) is 0.0228. The summed E-state index contributed by atoms with van der Waals surface area (Å²) in [6.45, 7) is 5.80. The van der Waals surface area contributed by atoms with Crippen LogP contribution in [0, 0.1) is 0 Å². The first-order valence-electron chi connectivity index (χ1n) is 31.6. The molecular formula is C67H112O12. The molecule has 1 fully saturated rings. The number of unbranched alkanes of at least 4 members (excludes halogenated alkanes) is 26. The van der Waals surface area contributed by atoms with Crippen molar-refractivity contribution in [3.63, 3.8) is 0 Å². The van der Waals surface area contributed by atoms with E-state index < -0.39 is 67.3 Å². The van der Waals surface area contributed by atoms with Crippen molar-refractivity contribution < 1.29 is 58.2 Å². The number of hydrogen-bond donors (Lipinski definition) is 3. The van der Waals surface area contributed by atoms with Crippen molar-refractivity contribution >= 4 is 23.9 Å². The fourth-order valence-corrected chi connectivity index (χ4v) is 9.14. The van der Waals surface area contributed by atoms with Crippen LogP contribution in [-0.4, -0.2) is 89.2 Å². The lowest BCUT2D eigenvalue weighted by Crippen LogP contribution is -2.61. The fourth-order valence-electron chi connectivity index (χ4n) is 9.14. The number of carbonyl (C=O) groups is 4. The number of carbonyl (C=O) groups excluding carboxylic acids is 3. The number of ether oxygens (including phenoxy) is 5. The summed E-state index contributed by atoms with van der Waals surface area (Å²) in [5.41, 5.74) is 0. The first kappa shape index (κ1) is 72.9. The normalized spacial score (nSPS) is 18.4. The molecule has 0 spiro atoms. The summed E-state index contributed by atoms with van der Waals surface area (Å²) >= 11 is 0. The van der Waals surface area contributed by atoms with Crippen molar-refractivity contribution in [1.82, 2.24) is 0 Å². The van der Waals surface area contributed by atoms with Crippen LogP contribution in [0.1, 0.15) is 265 Å². The molecule has 6 unspecified atom stereocenters. The Kier molecular flexibility index (Phi) is 50.3. The van der Waals surface area contributed by atoms with Crippen LogP contribution in [0.5, 0.6) is 0 Å². The highest BCUT2D eigenvalue weighted by atomic mass is 16.7. The van der Waals surface area contributed by atoms with Crippen molar-refractivity contribution in [3.05, 3.63) is 85.1 Å². The first-order chi connectivity index (χ1) is 38.6. The third-order valence-electron chi connectivity index (χ3n) is 14.0. The molecule has 1 aliphatic rings. The van der Waals surface area contributed by atoms with E-state index in [1.807, 2.05) is 12.2 Å². The molecule has 0 radical (unpaired) electrons. The van der Waals surface area contributed by atoms with Crippen LogP contribution < -0.4 is 0 Å². The number of hydrogen-bond acceptors (Lipinski definition) is 11. The van der Waals surface area contributed by atoms with E-state index in [0.717, 1.165) is 96.3 Å². The third kappa shape index (κ3) is 44.3. The van der Waals surface area contributed by atoms with E-state index in [0.29, 0.717) is 19.3 Å². The molecule has 1 heterocycles. The minimum absolute atomic E-state index is 0.0427. The molecule has 79 heavy (non-hydrogen) atoms. The molecule has 0 saturated carbocycles. The second-order valence-electron chi connectivity index (χ2n) is 21.3. The second kappa shape index (κ2) is 54.5. The molecule has 452 valence electrons. The summed E-state index contributed by atoms with van der Waals surface area (Å²) in [5, 5.41) is 31.5. The Bertz CT molecular complexity index is 1700. The van der Waals surface area contributed by atoms with Gasteiger partial charge in [0, 0.05) is 12.8 Å². The molecule has 0 aliphatic carbocycles. The van der Waals surface area contributed by atoms with Gasteiger partial charge in [-0.25, -0.2) is 4.79 Å². The van der Waals surface area contributed by atoms with Crippen molar-refractivity contribution in [1.29, 1.82) is 0 Å². The molecule has 6 atom stereocenters. The van der Waals surface area contributed by atoms with Gasteiger partial charge in [-0.3, -0.25) is 14.4 Å². The molecule has 12 heteroatoms. The zero-order chi connectivity index (χ0) is 57.5. The molecule has 0 aromatic carbocycles. The molecule has 1 rings (SSSR count). The summed E-state index contributed by atoms with van der Waals surface area (Å²) in [4.78, 5) is 51.2. The molecule has 12 nitrogen and oxygen atoms in total.